The van der Waals surface area contributed by atoms with Crippen molar-refractivity contribution in [2.75, 3.05) is 10.6 Å². The number of allylic oxidation sites excluding steroid dienone is 1. The molecule has 2 N–H and O–H groups in total. The van der Waals surface area contributed by atoms with Crippen molar-refractivity contribution in [2.24, 2.45) is 0 Å². The molecule has 0 aromatic heterocycles. The van der Waals surface area contributed by atoms with Crippen LogP contribution in [0.2, 0.25) is 0 Å². The Morgan fingerprint density at radius 3 is 2.39 bits per heavy atom. The van der Waals surface area contributed by atoms with E-state index >= 15 is 0 Å². The number of hydrogen-bond donors (Lipinski definition) is 2. The van der Waals surface area contributed by atoms with Crippen LogP contribution in [0.5, 0.6) is 0 Å². The van der Waals surface area contributed by atoms with E-state index in [2.05, 4.69) is 10.6 Å². The van der Waals surface area contributed by atoms with E-state index in [1.165, 1.54) is 31.2 Å². The van der Waals surface area contributed by atoms with Crippen molar-refractivity contribution in [3.63, 3.8) is 0 Å². The Labute approximate surface area is 105 Å². The van der Waals surface area contributed by atoms with E-state index in [9.17, 15) is 14.0 Å². The van der Waals surface area contributed by atoms with E-state index in [4.69, 9.17) is 0 Å². The summed E-state index contributed by atoms with van der Waals surface area (Å²) in [7, 11) is 0. The van der Waals surface area contributed by atoms with Crippen molar-refractivity contribution >= 4 is 23.2 Å². The summed E-state index contributed by atoms with van der Waals surface area (Å²) in [5, 5.41) is 4.93. The van der Waals surface area contributed by atoms with Gasteiger partial charge in [-0.25, -0.2) is 4.39 Å². The Morgan fingerprint density at radius 1 is 1.17 bits per heavy atom. The van der Waals surface area contributed by atoms with Gasteiger partial charge in [0.05, 0.1) is 5.69 Å². The number of rotatable bonds is 3. The van der Waals surface area contributed by atoms with E-state index in [0.29, 0.717) is 5.69 Å². The van der Waals surface area contributed by atoms with Crippen LogP contribution >= 0.6 is 0 Å². The molecule has 0 heterocycles. The molecule has 1 rings (SSSR count). The molecule has 1 aromatic carbocycles. The fourth-order valence-corrected chi connectivity index (χ4v) is 1.33. The van der Waals surface area contributed by atoms with Gasteiger partial charge in [0.25, 0.3) is 0 Å². The molecule has 5 heteroatoms. The number of carbonyl (C=O) groups is 2. The highest BCUT2D eigenvalue weighted by atomic mass is 19.1. The first-order valence-electron chi connectivity index (χ1n) is 5.41. The molecule has 0 unspecified atom stereocenters. The minimum absolute atomic E-state index is 0.0313. The van der Waals surface area contributed by atoms with E-state index in [1.54, 1.807) is 13.8 Å². The van der Waals surface area contributed by atoms with Gasteiger partial charge in [0, 0.05) is 18.7 Å². The number of benzene rings is 1. The van der Waals surface area contributed by atoms with E-state index in [-0.39, 0.29) is 11.6 Å². The summed E-state index contributed by atoms with van der Waals surface area (Å²) >= 11 is 0. The van der Waals surface area contributed by atoms with Crippen molar-refractivity contribution in [2.45, 2.75) is 20.8 Å². The molecule has 0 aliphatic carbocycles. The summed E-state index contributed by atoms with van der Waals surface area (Å²) in [6.45, 7) is 4.89. The van der Waals surface area contributed by atoms with Crippen LogP contribution in [0.25, 0.3) is 0 Å². The van der Waals surface area contributed by atoms with Crippen LogP contribution in [0, 0.1) is 5.82 Å². The second kappa shape index (κ2) is 5.95. The minimum Gasteiger partial charge on any atom is -0.326 e. The fraction of sp³-hybridized carbons (Fsp3) is 0.231. The number of carbonyl (C=O) groups excluding carboxylic acids is 2. The van der Waals surface area contributed by atoms with Gasteiger partial charge in [-0.2, -0.15) is 0 Å². The highest BCUT2D eigenvalue weighted by Gasteiger charge is 2.07. The molecule has 0 saturated carbocycles. The van der Waals surface area contributed by atoms with Gasteiger partial charge < -0.3 is 10.6 Å². The summed E-state index contributed by atoms with van der Waals surface area (Å²) in [5.74, 6) is -1.23. The third-order valence-electron chi connectivity index (χ3n) is 1.96. The molecule has 0 saturated heterocycles. The molecule has 0 aliphatic heterocycles. The van der Waals surface area contributed by atoms with Crippen LogP contribution in [0.4, 0.5) is 15.8 Å². The van der Waals surface area contributed by atoms with Gasteiger partial charge in [-0.15, -0.1) is 0 Å². The van der Waals surface area contributed by atoms with Gasteiger partial charge >= 0.3 is 0 Å². The van der Waals surface area contributed by atoms with Gasteiger partial charge in [0.1, 0.15) is 5.82 Å². The van der Waals surface area contributed by atoms with Crippen LogP contribution in [0.15, 0.2) is 29.8 Å². The average Bonchev–Trinajstić information content (AvgIpc) is 2.21. The smallest absolute Gasteiger partial charge is 0.248 e. The summed E-state index contributed by atoms with van der Waals surface area (Å²) in [6, 6.07) is 3.98. The fourth-order valence-electron chi connectivity index (χ4n) is 1.33. The van der Waals surface area contributed by atoms with Crippen LogP contribution < -0.4 is 10.6 Å². The van der Waals surface area contributed by atoms with Gasteiger partial charge in [0.15, 0.2) is 0 Å². The lowest BCUT2D eigenvalue weighted by atomic mass is 10.2. The largest absolute Gasteiger partial charge is 0.326 e. The molecule has 0 fully saturated rings. The van der Waals surface area contributed by atoms with Crippen molar-refractivity contribution < 1.29 is 14.0 Å². The number of hydrogen-bond acceptors (Lipinski definition) is 2. The predicted octanol–water partition coefficient (Wildman–Crippen LogP) is 2.69. The molecule has 1 aromatic rings. The molecule has 96 valence electrons. The van der Waals surface area contributed by atoms with E-state index in [1.807, 2.05) is 0 Å². The number of nitrogens with one attached hydrogen (secondary N) is 2. The monoisotopic (exact) mass is 250 g/mol. The summed E-state index contributed by atoms with van der Waals surface area (Å²) < 4.78 is 13.5. The van der Waals surface area contributed by atoms with Crippen molar-refractivity contribution in [1.29, 1.82) is 0 Å². The first-order chi connectivity index (χ1) is 8.38. The van der Waals surface area contributed by atoms with Gasteiger partial charge in [-0.1, -0.05) is 5.57 Å². The Balaban J connectivity index is 2.91. The normalized spacial score (nSPS) is 9.56. The molecule has 0 atom stereocenters. The second-order valence-corrected chi connectivity index (χ2v) is 4.09. The molecule has 0 bridgehead atoms. The first kappa shape index (κ1) is 13.9. The van der Waals surface area contributed by atoms with Crippen LogP contribution in [0.3, 0.4) is 0 Å². The minimum atomic E-state index is -0.556. The van der Waals surface area contributed by atoms with E-state index < -0.39 is 11.7 Å². The highest BCUT2D eigenvalue weighted by Crippen LogP contribution is 2.19. The quantitative estimate of drug-likeness (QED) is 0.810. The summed E-state index contributed by atoms with van der Waals surface area (Å²) in [5.41, 5.74) is 1.27. The Bertz CT molecular complexity index is 506. The second-order valence-electron chi connectivity index (χ2n) is 4.09. The van der Waals surface area contributed by atoms with Crippen molar-refractivity contribution in [3.8, 4) is 0 Å². The number of halogens is 1. The highest BCUT2D eigenvalue weighted by molar-refractivity contribution is 6.00. The molecular formula is C13H15FN2O2. The Morgan fingerprint density at radius 2 is 1.83 bits per heavy atom. The molecule has 18 heavy (non-hydrogen) atoms. The lowest BCUT2D eigenvalue weighted by Gasteiger charge is -2.07. The summed E-state index contributed by atoms with van der Waals surface area (Å²) in [6.07, 6.45) is 1.37. The first-order valence-corrected chi connectivity index (χ1v) is 5.41. The molecule has 0 spiro atoms. The van der Waals surface area contributed by atoms with Gasteiger partial charge in [-0.3, -0.25) is 9.59 Å². The molecular weight excluding hydrogens is 235 g/mol. The zero-order valence-electron chi connectivity index (χ0n) is 10.5. The molecule has 4 nitrogen and oxygen atoms in total. The summed E-state index contributed by atoms with van der Waals surface area (Å²) in [4.78, 5) is 22.3. The molecule has 2 amide bonds. The van der Waals surface area contributed by atoms with Crippen molar-refractivity contribution in [1.82, 2.24) is 0 Å². The third-order valence-corrected chi connectivity index (χ3v) is 1.96. The van der Waals surface area contributed by atoms with Crippen LogP contribution in [-0.2, 0) is 9.59 Å². The molecule has 0 aliphatic rings. The maximum Gasteiger partial charge on any atom is 0.248 e. The van der Waals surface area contributed by atoms with Gasteiger partial charge in [-0.05, 0) is 32.0 Å². The standard InChI is InChI=1S/C13H15FN2O2/c1-8(2)6-13(18)16-12-7-10(15-9(3)17)4-5-11(12)14/h4-7H,1-3H3,(H,15,17)(H,16,18). The molecule has 0 radical (unpaired) electrons. The Hall–Kier alpha value is -2.17. The zero-order valence-corrected chi connectivity index (χ0v) is 10.5. The Kier molecular flexibility index (Phi) is 4.59. The average molecular weight is 250 g/mol. The lowest BCUT2D eigenvalue weighted by molar-refractivity contribution is -0.114. The lowest BCUT2D eigenvalue weighted by Crippen LogP contribution is -2.11. The van der Waals surface area contributed by atoms with Crippen LogP contribution in [-0.4, -0.2) is 11.8 Å². The maximum absolute atomic E-state index is 13.5. The number of amides is 2. The SMILES string of the molecule is CC(=O)Nc1ccc(F)c(NC(=O)C=C(C)C)c1. The predicted molar refractivity (Wildman–Crippen MR) is 68.8 cm³/mol. The van der Waals surface area contributed by atoms with Crippen molar-refractivity contribution in [3.05, 3.63) is 35.7 Å². The topological polar surface area (TPSA) is 58.2 Å². The van der Waals surface area contributed by atoms with E-state index in [0.717, 1.165) is 5.57 Å². The zero-order chi connectivity index (χ0) is 13.7. The maximum atomic E-state index is 13.5. The third kappa shape index (κ3) is 4.37. The number of anilines is 2. The van der Waals surface area contributed by atoms with Gasteiger partial charge in [0.2, 0.25) is 11.8 Å². The van der Waals surface area contributed by atoms with Crippen LogP contribution in [0.1, 0.15) is 20.8 Å².